The van der Waals surface area contributed by atoms with Gasteiger partial charge in [-0.25, -0.2) is 8.42 Å². The maximum atomic E-state index is 12.5. The van der Waals surface area contributed by atoms with Crippen LogP contribution >= 0.6 is 0 Å². The van der Waals surface area contributed by atoms with Gasteiger partial charge in [0.1, 0.15) is 24.1 Å². The van der Waals surface area contributed by atoms with E-state index in [0.29, 0.717) is 11.4 Å². The van der Waals surface area contributed by atoms with Gasteiger partial charge in [0.25, 0.3) is 0 Å². The average molecular weight is 407 g/mol. The van der Waals surface area contributed by atoms with Crippen molar-refractivity contribution in [2.75, 3.05) is 30.8 Å². The molecule has 0 spiro atoms. The summed E-state index contributed by atoms with van der Waals surface area (Å²) in [6.07, 6.45) is 1.07. The summed E-state index contributed by atoms with van der Waals surface area (Å²) in [5.41, 5.74) is 1.47. The van der Waals surface area contributed by atoms with Crippen LogP contribution in [0.1, 0.15) is 12.5 Å². The third-order valence-electron chi connectivity index (χ3n) is 4.07. The lowest BCUT2D eigenvalue weighted by atomic mass is 10.2. The molecule has 0 aliphatic heterocycles. The average Bonchev–Trinajstić information content (AvgIpc) is 2.64. The number of hydrogen-bond donors (Lipinski definition) is 1. The molecular formula is C20H26N2O5S. The van der Waals surface area contributed by atoms with Gasteiger partial charge in [-0.15, -0.1) is 0 Å². The van der Waals surface area contributed by atoms with Crippen LogP contribution in [0.5, 0.6) is 11.5 Å². The minimum Gasteiger partial charge on any atom is -0.497 e. The quantitative estimate of drug-likeness (QED) is 0.646. The van der Waals surface area contributed by atoms with Gasteiger partial charge in [0.05, 0.1) is 25.6 Å². The van der Waals surface area contributed by atoms with Gasteiger partial charge < -0.3 is 14.8 Å². The van der Waals surface area contributed by atoms with Gasteiger partial charge in [0, 0.05) is 0 Å². The fraction of sp³-hybridized carbons (Fsp3) is 0.350. The van der Waals surface area contributed by atoms with E-state index >= 15 is 0 Å². The maximum Gasteiger partial charge on any atom is 0.243 e. The van der Waals surface area contributed by atoms with E-state index in [9.17, 15) is 13.2 Å². The highest BCUT2D eigenvalue weighted by atomic mass is 32.2. The van der Waals surface area contributed by atoms with Crippen LogP contribution in [0.4, 0.5) is 5.69 Å². The van der Waals surface area contributed by atoms with E-state index in [0.717, 1.165) is 21.9 Å². The van der Waals surface area contributed by atoms with Gasteiger partial charge in [0.2, 0.25) is 15.9 Å². The molecule has 2 rings (SSSR count). The summed E-state index contributed by atoms with van der Waals surface area (Å²) in [6, 6.07) is 13.2. The minimum absolute atomic E-state index is 0.261. The van der Waals surface area contributed by atoms with E-state index in [1.165, 1.54) is 7.11 Å². The summed E-state index contributed by atoms with van der Waals surface area (Å²) in [7, 11) is -2.13. The molecule has 28 heavy (non-hydrogen) atoms. The molecule has 0 bridgehead atoms. The first-order valence-corrected chi connectivity index (χ1v) is 10.7. The van der Waals surface area contributed by atoms with Crippen molar-refractivity contribution in [2.45, 2.75) is 19.9 Å². The fourth-order valence-corrected chi connectivity index (χ4v) is 3.91. The Morgan fingerprint density at radius 1 is 1.14 bits per heavy atom. The molecule has 0 unspecified atom stereocenters. The predicted octanol–water partition coefficient (Wildman–Crippen LogP) is 2.35. The third kappa shape index (κ3) is 5.88. The number of carbonyl (C=O) groups excluding carboxylic acids is 1. The predicted molar refractivity (Wildman–Crippen MR) is 109 cm³/mol. The molecule has 1 N–H and O–H groups in total. The number of methoxy groups -OCH3 is 1. The molecule has 1 amide bonds. The highest BCUT2D eigenvalue weighted by Crippen LogP contribution is 2.23. The Balaban J connectivity index is 1.99. The van der Waals surface area contributed by atoms with Gasteiger partial charge in [-0.05, 0) is 55.8 Å². The van der Waals surface area contributed by atoms with E-state index in [1.54, 1.807) is 31.2 Å². The van der Waals surface area contributed by atoms with E-state index in [4.69, 9.17) is 9.47 Å². The number of nitrogens with one attached hydrogen (secondary N) is 1. The van der Waals surface area contributed by atoms with Crippen molar-refractivity contribution in [1.29, 1.82) is 0 Å². The molecule has 8 heteroatoms. The van der Waals surface area contributed by atoms with E-state index in [2.05, 4.69) is 5.32 Å². The first kappa shape index (κ1) is 21.6. The Morgan fingerprint density at radius 2 is 1.82 bits per heavy atom. The van der Waals surface area contributed by atoms with E-state index in [1.807, 2.05) is 31.2 Å². The molecule has 2 aromatic carbocycles. The van der Waals surface area contributed by atoms with Crippen molar-refractivity contribution in [2.24, 2.45) is 0 Å². The van der Waals surface area contributed by atoms with Crippen molar-refractivity contribution in [3.8, 4) is 11.5 Å². The van der Waals surface area contributed by atoms with Crippen LogP contribution in [-0.2, 0) is 14.8 Å². The number of amides is 1. The molecule has 2 aromatic rings. The number of nitrogens with zero attached hydrogens (tertiary/aromatic N) is 1. The molecule has 0 aromatic heterocycles. The normalized spacial score (nSPS) is 12.1. The molecule has 0 saturated carbocycles. The first-order valence-electron chi connectivity index (χ1n) is 8.83. The van der Waals surface area contributed by atoms with Crippen molar-refractivity contribution in [3.63, 3.8) is 0 Å². The molecule has 0 saturated heterocycles. The SMILES string of the molecule is COc1ccc(N([C@H](C)C(=O)NCCOc2cccc(C)c2)S(C)(=O)=O)cc1. The first-order chi connectivity index (χ1) is 13.2. The van der Waals surface area contributed by atoms with Crippen LogP contribution in [0.25, 0.3) is 0 Å². The maximum absolute atomic E-state index is 12.5. The van der Waals surface area contributed by atoms with Crippen LogP contribution in [0.3, 0.4) is 0 Å². The largest absolute Gasteiger partial charge is 0.497 e. The number of carbonyl (C=O) groups is 1. The van der Waals surface area contributed by atoms with Gasteiger partial charge in [0.15, 0.2) is 0 Å². The summed E-state index contributed by atoms with van der Waals surface area (Å²) in [5, 5.41) is 2.72. The number of ether oxygens (including phenoxy) is 2. The number of hydrogen-bond acceptors (Lipinski definition) is 5. The van der Waals surface area contributed by atoms with E-state index in [-0.39, 0.29) is 13.2 Å². The van der Waals surface area contributed by atoms with Gasteiger partial charge in [-0.3, -0.25) is 9.10 Å². The zero-order valence-electron chi connectivity index (χ0n) is 16.5. The molecule has 7 nitrogen and oxygen atoms in total. The minimum atomic E-state index is -3.66. The second-order valence-electron chi connectivity index (χ2n) is 6.39. The van der Waals surface area contributed by atoms with Crippen LogP contribution < -0.4 is 19.1 Å². The van der Waals surface area contributed by atoms with Crippen LogP contribution in [0.2, 0.25) is 0 Å². The van der Waals surface area contributed by atoms with Crippen molar-refractivity contribution >= 4 is 21.6 Å². The lowest BCUT2D eigenvalue weighted by molar-refractivity contribution is -0.121. The molecule has 0 fully saturated rings. The van der Waals surface area contributed by atoms with Gasteiger partial charge in [-0.1, -0.05) is 12.1 Å². The van der Waals surface area contributed by atoms with Crippen LogP contribution in [0, 0.1) is 6.92 Å². The lowest BCUT2D eigenvalue weighted by Crippen LogP contribution is -2.48. The summed E-state index contributed by atoms with van der Waals surface area (Å²) in [4.78, 5) is 12.5. The zero-order valence-corrected chi connectivity index (χ0v) is 17.3. The number of benzene rings is 2. The smallest absolute Gasteiger partial charge is 0.243 e. The Morgan fingerprint density at radius 3 is 2.39 bits per heavy atom. The molecule has 0 heterocycles. The molecule has 0 radical (unpaired) electrons. The molecule has 0 aliphatic carbocycles. The zero-order chi connectivity index (χ0) is 20.7. The highest BCUT2D eigenvalue weighted by Gasteiger charge is 2.28. The number of anilines is 1. The summed E-state index contributed by atoms with van der Waals surface area (Å²) < 4.78 is 36.3. The van der Waals surface area contributed by atoms with Gasteiger partial charge in [-0.2, -0.15) is 0 Å². The topological polar surface area (TPSA) is 84.9 Å². The molecular weight excluding hydrogens is 380 g/mol. The van der Waals surface area contributed by atoms with Crippen molar-refractivity contribution in [3.05, 3.63) is 54.1 Å². The highest BCUT2D eigenvalue weighted by molar-refractivity contribution is 7.92. The summed E-state index contributed by atoms with van der Waals surface area (Å²) >= 11 is 0. The fourth-order valence-electron chi connectivity index (χ4n) is 2.73. The summed E-state index contributed by atoms with van der Waals surface area (Å²) in [6.45, 7) is 4.05. The Labute approximate surface area is 166 Å². The van der Waals surface area contributed by atoms with Crippen molar-refractivity contribution in [1.82, 2.24) is 5.32 Å². The molecule has 1 atom stereocenters. The number of sulfonamides is 1. The molecule has 152 valence electrons. The standard InChI is InChI=1S/C20H26N2O5S/c1-15-6-5-7-19(14-15)27-13-12-21-20(23)16(2)22(28(4,24)25)17-8-10-18(26-3)11-9-17/h5-11,14,16H,12-13H2,1-4H3,(H,21,23)/t16-/m1/s1. The van der Waals surface area contributed by atoms with Crippen molar-refractivity contribution < 1.29 is 22.7 Å². The Bertz CT molecular complexity index is 897. The van der Waals surface area contributed by atoms with Crippen LogP contribution in [-0.4, -0.2) is 46.9 Å². The lowest BCUT2D eigenvalue weighted by Gasteiger charge is -2.28. The molecule has 0 aliphatic rings. The van der Waals surface area contributed by atoms with Crippen LogP contribution in [0.15, 0.2) is 48.5 Å². The Hall–Kier alpha value is -2.74. The number of rotatable bonds is 9. The summed E-state index contributed by atoms with van der Waals surface area (Å²) in [5.74, 6) is 0.912. The van der Waals surface area contributed by atoms with E-state index < -0.39 is 22.0 Å². The third-order valence-corrected chi connectivity index (χ3v) is 5.32. The Kier molecular flexibility index (Phi) is 7.28. The second kappa shape index (κ2) is 9.45. The monoisotopic (exact) mass is 406 g/mol. The second-order valence-corrected chi connectivity index (χ2v) is 8.25. The van der Waals surface area contributed by atoms with Gasteiger partial charge >= 0.3 is 0 Å². The number of aryl methyl sites for hydroxylation is 1.